The Morgan fingerprint density at radius 1 is 1.16 bits per heavy atom. The van der Waals surface area contributed by atoms with E-state index in [1.54, 1.807) is 34.8 Å². The zero-order chi connectivity index (χ0) is 21.8. The second-order valence-corrected chi connectivity index (χ2v) is 9.64. The quantitative estimate of drug-likeness (QED) is 0.579. The van der Waals surface area contributed by atoms with Crippen LogP contribution in [0.3, 0.4) is 0 Å². The molecule has 8 nitrogen and oxygen atoms in total. The molecule has 1 aliphatic heterocycles. The van der Waals surface area contributed by atoms with Crippen LogP contribution in [-0.2, 0) is 27.8 Å². The van der Waals surface area contributed by atoms with Crippen LogP contribution in [0.25, 0.3) is 11.0 Å². The number of carbonyl (C=O) groups excluding carboxylic acids is 1. The summed E-state index contributed by atoms with van der Waals surface area (Å²) in [7, 11) is -3.49. The van der Waals surface area contributed by atoms with Crippen molar-refractivity contribution in [3.05, 3.63) is 48.4 Å². The van der Waals surface area contributed by atoms with Gasteiger partial charge in [-0.15, -0.1) is 0 Å². The monoisotopic (exact) mass is 441 g/mol. The smallest absolute Gasteiger partial charge is 0.243 e. The van der Waals surface area contributed by atoms with E-state index in [0.29, 0.717) is 30.8 Å². The van der Waals surface area contributed by atoms with Crippen molar-refractivity contribution >= 4 is 32.8 Å². The summed E-state index contributed by atoms with van der Waals surface area (Å²) in [5.41, 5.74) is 1.54. The number of anilines is 1. The van der Waals surface area contributed by atoms with E-state index >= 15 is 0 Å². The number of carbonyl (C=O) groups is 1. The van der Waals surface area contributed by atoms with Crippen molar-refractivity contribution in [1.82, 2.24) is 18.8 Å². The summed E-state index contributed by atoms with van der Waals surface area (Å²) in [6, 6.07) is 10.5. The highest BCUT2D eigenvalue weighted by molar-refractivity contribution is 7.89. The lowest BCUT2D eigenvalue weighted by Gasteiger charge is -2.15. The summed E-state index contributed by atoms with van der Waals surface area (Å²) >= 11 is 0. The number of nitrogens with zero attached hydrogens (tertiary/aromatic N) is 4. The van der Waals surface area contributed by atoms with Crippen molar-refractivity contribution in [1.29, 1.82) is 0 Å². The summed E-state index contributed by atoms with van der Waals surface area (Å²) in [4.78, 5) is 21.4. The van der Waals surface area contributed by atoms with Gasteiger partial charge in [0.2, 0.25) is 15.9 Å². The normalized spacial score (nSPS) is 14.9. The molecule has 9 heteroatoms. The maximum absolute atomic E-state index is 12.9. The molecule has 0 saturated carbocycles. The van der Waals surface area contributed by atoms with Gasteiger partial charge in [0.1, 0.15) is 11.6 Å². The van der Waals surface area contributed by atoms with Crippen LogP contribution in [0.4, 0.5) is 5.82 Å². The third kappa shape index (κ3) is 4.62. The Kier molecular flexibility index (Phi) is 6.33. The van der Waals surface area contributed by atoms with E-state index < -0.39 is 10.0 Å². The molecule has 1 saturated heterocycles. The van der Waals surface area contributed by atoms with E-state index in [1.807, 2.05) is 12.1 Å². The van der Waals surface area contributed by atoms with E-state index in [-0.39, 0.29) is 17.2 Å². The summed E-state index contributed by atoms with van der Waals surface area (Å²) in [6.45, 7) is 3.98. The molecule has 0 aliphatic carbocycles. The first-order valence-electron chi connectivity index (χ1n) is 10.7. The number of aromatic nitrogens is 3. The van der Waals surface area contributed by atoms with E-state index in [4.69, 9.17) is 4.98 Å². The number of aryl methyl sites for hydroxylation is 2. The van der Waals surface area contributed by atoms with Crippen LogP contribution in [0.5, 0.6) is 0 Å². The zero-order valence-electron chi connectivity index (χ0n) is 17.6. The fraction of sp³-hybridized carbons (Fsp3) is 0.409. The minimum absolute atomic E-state index is 0.133. The molecule has 1 fully saturated rings. The summed E-state index contributed by atoms with van der Waals surface area (Å²) < 4.78 is 29.5. The van der Waals surface area contributed by atoms with Gasteiger partial charge in [0.15, 0.2) is 0 Å². The number of nitrogens with one attached hydrogen (secondary N) is 1. The fourth-order valence-electron chi connectivity index (χ4n) is 3.93. The number of pyridine rings is 1. The average Bonchev–Trinajstić information content (AvgIpc) is 3.42. The van der Waals surface area contributed by atoms with Gasteiger partial charge >= 0.3 is 0 Å². The number of fused-ring (bicyclic) bond motifs is 1. The number of rotatable bonds is 8. The largest absolute Gasteiger partial charge is 0.328 e. The summed E-state index contributed by atoms with van der Waals surface area (Å²) in [6.07, 6.45) is 5.06. The lowest BCUT2D eigenvalue weighted by atomic mass is 10.2. The van der Waals surface area contributed by atoms with E-state index in [0.717, 1.165) is 37.1 Å². The van der Waals surface area contributed by atoms with Crippen molar-refractivity contribution in [3.63, 3.8) is 0 Å². The topological polar surface area (TPSA) is 97.2 Å². The molecule has 3 aromatic rings. The van der Waals surface area contributed by atoms with Gasteiger partial charge in [-0.05, 0) is 49.6 Å². The Morgan fingerprint density at radius 2 is 1.97 bits per heavy atom. The highest BCUT2D eigenvalue weighted by Gasteiger charge is 2.27. The van der Waals surface area contributed by atoms with Crippen molar-refractivity contribution in [2.75, 3.05) is 18.4 Å². The van der Waals surface area contributed by atoms with Gasteiger partial charge < -0.3 is 9.88 Å². The van der Waals surface area contributed by atoms with Crippen molar-refractivity contribution in [2.45, 2.75) is 50.5 Å². The molecule has 2 aromatic heterocycles. The molecule has 4 rings (SSSR count). The number of benzene rings is 1. The van der Waals surface area contributed by atoms with Gasteiger partial charge in [-0.25, -0.2) is 18.4 Å². The molecule has 0 unspecified atom stereocenters. The highest BCUT2D eigenvalue weighted by atomic mass is 32.2. The van der Waals surface area contributed by atoms with Gasteiger partial charge in [-0.1, -0.05) is 13.0 Å². The zero-order valence-corrected chi connectivity index (χ0v) is 18.4. The third-order valence-corrected chi connectivity index (χ3v) is 7.35. The van der Waals surface area contributed by atoms with Gasteiger partial charge in [-0.2, -0.15) is 4.31 Å². The molecule has 0 atom stereocenters. The molecule has 1 aliphatic rings. The Balaban J connectivity index is 1.56. The van der Waals surface area contributed by atoms with Gasteiger partial charge in [0.25, 0.3) is 0 Å². The molecule has 31 heavy (non-hydrogen) atoms. The van der Waals surface area contributed by atoms with Crippen molar-refractivity contribution in [3.8, 4) is 0 Å². The Morgan fingerprint density at radius 3 is 2.68 bits per heavy atom. The van der Waals surface area contributed by atoms with Crippen LogP contribution in [0.1, 0.15) is 38.4 Å². The summed E-state index contributed by atoms with van der Waals surface area (Å²) in [5.74, 6) is 1.17. The lowest BCUT2D eigenvalue weighted by Crippen LogP contribution is -2.27. The average molecular weight is 442 g/mol. The van der Waals surface area contributed by atoms with E-state index in [1.165, 1.54) is 0 Å². The van der Waals surface area contributed by atoms with Crippen LogP contribution in [0.15, 0.2) is 47.5 Å². The van der Waals surface area contributed by atoms with Crippen LogP contribution < -0.4 is 5.32 Å². The first-order valence-corrected chi connectivity index (χ1v) is 12.1. The molecular weight excluding hydrogens is 414 g/mol. The molecule has 0 spiro atoms. The Bertz CT molecular complexity index is 1170. The van der Waals surface area contributed by atoms with Crippen LogP contribution >= 0.6 is 0 Å². The minimum Gasteiger partial charge on any atom is -0.328 e. The molecule has 3 heterocycles. The number of hydrogen-bond acceptors (Lipinski definition) is 5. The number of sulfonamides is 1. The minimum atomic E-state index is -3.49. The van der Waals surface area contributed by atoms with Crippen LogP contribution in [0.2, 0.25) is 0 Å². The molecular formula is C22H27N5O3S. The van der Waals surface area contributed by atoms with Crippen LogP contribution in [-0.4, -0.2) is 46.3 Å². The number of imidazole rings is 1. The van der Waals surface area contributed by atoms with E-state index in [9.17, 15) is 13.2 Å². The second kappa shape index (κ2) is 9.15. The standard InChI is InChI=1S/C22H27N5O3S/c1-2-13-27-19-9-8-17(31(29,30)26-14-5-6-15-26)16-18(19)24-21(27)10-11-22(28)25-20-7-3-4-12-23-20/h3-4,7-9,12,16H,2,5-6,10-11,13-15H2,1H3,(H,23,25,28). The first-order chi connectivity index (χ1) is 15.0. The number of hydrogen-bond donors (Lipinski definition) is 1. The van der Waals surface area contributed by atoms with E-state index in [2.05, 4.69) is 21.8 Å². The Labute approximate surface area is 182 Å². The predicted molar refractivity (Wildman–Crippen MR) is 119 cm³/mol. The van der Waals surface area contributed by atoms with Crippen molar-refractivity contribution < 1.29 is 13.2 Å². The van der Waals surface area contributed by atoms with Gasteiger partial charge in [-0.3, -0.25) is 4.79 Å². The fourth-order valence-corrected chi connectivity index (χ4v) is 5.47. The third-order valence-electron chi connectivity index (χ3n) is 5.46. The molecule has 0 radical (unpaired) electrons. The van der Waals surface area contributed by atoms with Crippen molar-refractivity contribution in [2.24, 2.45) is 0 Å². The highest BCUT2D eigenvalue weighted by Crippen LogP contribution is 2.26. The lowest BCUT2D eigenvalue weighted by molar-refractivity contribution is -0.116. The molecule has 1 N–H and O–H groups in total. The first kappa shape index (κ1) is 21.5. The van der Waals surface area contributed by atoms with Gasteiger partial charge in [0.05, 0.1) is 15.9 Å². The van der Waals surface area contributed by atoms with Gasteiger partial charge in [0, 0.05) is 38.7 Å². The maximum Gasteiger partial charge on any atom is 0.243 e. The van der Waals surface area contributed by atoms with Crippen LogP contribution in [0, 0.1) is 0 Å². The maximum atomic E-state index is 12.9. The second-order valence-electron chi connectivity index (χ2n) is 7.70. The molecule has 164 valence electrons. The number of amides is 1. The Hall–Kier alpha value is -2.78. The molecule has 1 aromatic carbocycles. The summed E-state index contributed by atoms with van der Waals surface area (Å²) in [5, 5.41) is 2.79. The SMILES string of the molecule is CCCn1c(CCC(=O)Nc2ccccn2)nc2cc(S(=O)(=O)N3CCCC3)ccc21. The predicted octanol–water partition coefficient (Wildman–Crippen LogP) is 3.20. The molecule has 1 amide bonds. The molecule has 0 bridgehead atoms.